The number of aromatic nitrogens is 2. The Morgan fingerprint density at radius 1 is 1.39 bits per heavy atom. The van der Waals surface area contributed by atoms with E-state index in [1.807, 2.05) is 48.1 Å². The molecule has 5 heteroatoms. The molecule has 0 saturated heterocycles. The number of ether oxygens (including phenoxy) is 1. The lowest BCUT2D eigenvalue weighted by Gasteiger charge is -2.02. The van der Waals surface area contributed by atoms with Gasteiger partial charge in [0.1, 0.15) is 17.4 Å². The van der Waals surface area contributed by atoms with Crippen molar-refractivity contribution in [3.8, 4) is 11.8 Å². The molecule has 0 amide bonds. The maximum atomic E-state index is 12.7. The largest absolute Gasteiger partial charge is 0.497 e. The lowest BCUT2D eigenvalue weighted by molar-refractivity contribution is 0.104. The summed E-state index contributed by atoms with van der Waals surface area (Å²) in [5, 5.41) is 10.1. The second-order valence-electron chi connectivity index (χ2n) is 5.16. The van der Waals surface area contributed by atoms with Crippen LogP contribution in [0.4, 0.5) is 0 Å². The molecule has 3 aromatic rings. The summed E-state index contributed by atoms with van der Waals surface area (Å²) in [6.07, 6.45) is 5.09. The molecule has 0 bridgehead atoms. The molecule has 0 atom stereocenters. The number of rotatable bonds is 4. The normalized spacial score (nSPS) is 11.4. The minimum Gasteiger partial charge on any atom is -0.497 e. The van der Waals surface area contributed by atoms with E-state index in [4.69, 9.17) is 4.74 Å². The Labute approximate surface area is 133 Å². The number of H-pyrrole nitrogens is 1. The van der Waals surface area contributed by atoms with Crippen LogP contribution in [-0.4, -0.2) is 22.4 Å². The molecule has 0 spiro atoms. The molecule has 0 aliphatic carbocycles. The Kier molecular flexibility index (Phi) is 3.73. The Morgan fingerprint density at radius 3 is 2.87 bits per heavy atom. The number of aromatic amines is 1. The fraction of sp³-hybridized carbons (Fsp3) is 0.111. The van der Waals surface area contributed by atoms with Crippen LogP contribution in [-0.2, 0) is 7.05 Å². The topological polar surface area (TPSA) is 70.8 Å². The quantitative estimate of drug-likeness (QED) is 0.457. The van der Waals surface area contributed by atoms with Gasteiger partial charge < -0.3 is 14.3 Å². The second kappa shape index (κ2) is 5.85. The van der Waals surface area contributed by atoms with E-state index in [0.29, 0.717) is 11.3 Å². The summed E-state index contributed by atoms with van der Waals surface area (Å²) in [5.74, 6) is 0.351. The lowest BCUT2D eigenvalue weighted by Crippen LogP contribution is -2.02. The first-order valence-corrected chi connectivity index (χ1v) is 7.07. The molecule has 1 aromatic carbocycles. The van der Waals surface area contributed by atoms with Crippen LogP contribution >= 0.6 is 0 Å². The Bertz CT molecular complexity index is 954. The van der Waals surface area contributed by atoms with Crippen LogP contribution in [0.25, 0.3) is 17.0 Å². The molecule has 0 radical (unpaired) electrons. The highest BCUT2D eigenvalue weighted by molar-refractivity contribution is 6.19. The van der Waals surface area contributed by atoms with Gasteiger partial charge in [0.15, 0.2) is 0 Å². The lowest BCUT2D eigenvalue weighted by atomic mass is 10.0. The van der Waals surface area contributed by atoms with Crippen molar-refractivity contribution in [1.82, 2.24) is 9.55 Å². The average Bonchev–Trinajstić information content (AvgIpc) is 3.17. The van der Waals surface area contributed by atoms with Gasteiger partial charge in [0.25, 0.3) is 0 Å². The molecule has 0 saturated carbocycles. The van der Waals surface area contributed by atoms with Crippen molar-refractivity contribution in [3.05, 3.63) is 59.6 Å². The molecule has 0 aliphatic heterocycles. The second-order valence-corrected chi connectivity index (χ2v) is 5.16. The summed E-state index contributed by atoms with van der Waals surface area (Å²) in [4.78, 5) is 15.8. The third-order valence-electron chi connectivity index (χ3n) is 3.77. The summed E-state index contributed by atoms with van der Waals surface area (Å²) in [5.41, 5.74) is 2.18. The molecule has 2 heterocycles. The van der Waals surface area contributed by atoms with Gasteiger partial charge in [0, 0.05) is 41.6 Å². The van der Waals surface area contributed by atoms with Gasteiger partial charge in [-0.25, -0.2) is 0 Å². The summed E-state index contributed by atoms with van der Waals surface area (Å²) in [6.45, 7) is 0. The Morgan fingerprint density at radius 2 is 2.22 bits per heavy atom. The number of carbonyl (C=O) groups is 1. The number of allylic oxidation sites excluding steroid dienone is 1. The molecular formula is C18H15N3O2. The highest BCUT2D eigenvalue weighted by Gasteiger charge is 2.17. The smallest absolute Gasteiger partial charge is 0.205 e. The molecule has 1 N–H and O–H groups in total. The first-order valence-electron chi connectivity index (χ1n) is 7.07. The van der Waals surface area contributed by atoms with Gasteiger partial charge in [-0.1, -0.05) is 0 Å². The van der Waals surface area contributed by atoms with E-state index in [-0.39, 0.29) is 11.4 Å². The maximum Gasteiger partial charge on any atom is 0.205 e. The highest BCUT2D eigenvalue weighted by atomic mass is 16.5. The van der Waals surface area contributed by atoms with Crippen molar-refractivity contribution >= 4 is 22.8 Å². The van der Waals surface area contributed by atoms with Crippen molar-refractivity contribution in [2.24, 2.45) is 7.05 Å². The average molecular weight is 305 g/mol. The van der Waals surface area contributed by atoms with Crippen molar-refractivity contribution < 1.29 is 9.53 Å². The molecular weight excluding hydrogens is 290 g/mol. The van der Waals surface area contributed by atoms with Gasteiger partial charge in [0.2, 0.25) is 5.78 Å². The van der Waals surface area contributed by atoms with Gasteiger partial charge in [-0.15, -0.1) is 0 Å². The highest BCUT2D eigenvalue weighted by Crippen LogP contribution is 2.25. The van der Waals surface area contributed by atoms with Crippen molar-refractivity contribution in [2.75, 3.05) is 7.11 Å². The molecule has 3 rings (SSSR count). The van der Waals surface area contributed by atoms with Crippen LogP contribution in [0.5, 0.6) is 5.75 Å². The van der Waals surface area contributed by atoms with Crippen molar-refractivity contribution in [3.63, 3.8) is 0 Å². The van der Waals surface area contributed by atoms with E-state index in [0.717, 1.165) is 16.6 Å². The van der Waals surface area contributed by atoms with Crippen LogP contribution in [0.3, 0.4) is 0 Å². The Hall–Kier alpha value is -3.26. The van der Waals surface area contributed by atoms with E-state index in [9.17, 15) is 10.1 Å². The number of nitrogens with one attached hydrogen (secondary N) is 1. The number of nitriles is 1. The summed E-state index contributed by atoms with van der Waals surface area (Å²) >= 11 is 0. The fourth-order valence-electron chi connectivity index (χ4n) is 2.48. The van der Waals surface area contributed by atoms with Crippen LogP contribution in [0, 0.1) is 11.3 Å². The first-order chi connectivity index (χ1) is 11.1. The van der Waals surface area contributed by atoms with Gasteiger partial charge in [-0.3, -0.25) is 4.79 Å². The van der Waals surface area contributed by atoms with E-state index in [1.54, 1.807) is 25.4 Å². The van der Waals surface area contributed by atoms with E-state index >= 15 is 0 Å². The number of carbonyl (C=O) groups excluding carboxylic acids is 1. The third-order valence-corrected chi connectivity index (χ3v) is 3.77. The summed E-state index contributed by atoms with van der Waals surface area (Å²) in [7, 11) is 3.44. The number of methoxy groups -OCH3 is 1. The van der Waals surface area contributed by atoms with E-state index in [1.165, 1.54) is 0 Å². The predicted octanol–water partition coefficient (Wildman–Crippen LogP) is 3.30. The molecule has 5 nitrogen and oxygen atoms in total. The van der Waals surface area contributed by atoms with Crippen LogP contribution in [0.2, 0.25) is 0 Å². The molecule has 2 aromatic heterocycles. The molecule has 0 aliphatic rings. The number of hydrogen-bond donors (Lipinski definition) is 1. The van der Waals surface area contributed by atoms with Gasteiger partial charge in [-0.05, 0) is 36.4 Å². The molecule has 0 unspecified atom stereocenters. The zero-order valence-electron chi connectivity index (χ0n) is 12.8. The van der Waals surface area contributed by atoms with Gasteiger partial charge >= 0.3 is 0 Å². The minimum absolute atomic E-state index is 0.0931. The third kappa shape index (κ3) is 2.62. The minimum atomic E-state index is -0.312. The number of Topliss-reactive ketones (excluding diaryl/α,β-unsaturated/α-hetero) is 1. The number of benzene rings is 1. The molecule has 114 valence electrons. The Balaban J connectivity index is 2.07. The zero-order valence-corrected chi connectivity index (χ0v) is 12.8. The van der Waals surface area contributed by atoms with Crippen LogP contribution in [0.1, 0.15) is 16.1 Å². The van der Waals surface area contributed by atoms with E-state index in [2.05, 4.69) is 4.98 Å². The van der Waals surface area contributed by atoms with Gasteiger partial charge in [0.05, 0.1) is 7.11 Å². The number of ketones is 1. The standard InChI is InChI=1S/C18H15N3O2/c1-21-7-3-4-13(21)8-12(10-19)18(22)16-11-20-17-6-5-14(23-2)9-15(16)17/h3-9,11,20H,1-2H3/b12-8+. The van der Waals surface area contributed by atoms with Crippen molar-refractivity contribution in [2.45, 2.75) is 0 Å². The fourth-order valence-corrected chi connectivity index (χ4v) is 2.48. The zero-order chi connectivity index (χ0) is 16.4. The van der Waals surface area contributed by atoms with Crippen LogP contribution < -0.4 is 4.74 Å². The SMILES string of the molecule is COc1ccc2[nH]cc(C(=O)/C(C#N)=C/c3cccn3C)c2c1. The number of hydrogen-bond acceptors (Lipinski definition) is 3. The maximum absolute atomic E-state index is 12.7. The molecule has 0 fully saturated rings. The first kappa shape index (κ1) is 14.7. The summed E-state index contributed by atoms with van der Waals surface area (Å²) < 4.78 is 7.06. The number of fused-ring (bicyclic) bond motifs is 1. The number of nitrogens with zero attached hydrogens (tertiary/aromatic N) is 2. The number of aryl methyl sites for hydroxylation is 1. The van der Waals surface area contributed by atoms with Gasteiger partial charge in [-0.2, -0.15) is 5.26 Å². The molecule has 23 heavy (non-hydrogen) atoms. The monoisotopic (exact) mass is 305 g/mol. The van der Waals surface area contributed by atoms with Crippen LogP contribution in [0.15, 0.2) is 48.3 Å². The predicted molar refractivity (Wildman–Crippen MR) is 88.2 cm³/mol. The van der Waals surface area contributed by atoms with E-state index < -0.39 is 0 Å². The summed E-state index contributed by atoms with van der Waals surface area (Å²) in [6, 6.07) is 11.2. The van der Waals surface area contributed by atoms with Crippen molar-refractivity contribution in [1.29, 1.82) is 5.26 Å².